The van der Waals surface area contributed by atoms with Gasteiger partial charge in [0.25, 0.3) is 0 Å². The lowest BCUT2D eigenvalue weighted by Gasteiger charge is -1.95. The summed E-state index contributed by atoms with van der Waals surface area (Å²) in [5.41, 5.74) is 2.10. The first kappa shape index (κ1) is 12.0. The summed E-state index contributed by atoms with van der Waals surface area (Å²) in [7, 11) is 0. The van der Waals surface area contributed by atoms with E-state index in [1.54, 1.807) is 11.3 Å². The molecule has 0 saturated heterocycles. The minimum Gasteiger partial charge on any atom is -0.298 e. The molecule has 88 valence electrons. The minimum absolute atomic E-state index is 0.146. The second-order valence-corrected chi connectivity index (χ2v) is 5.39. The third-order valence-electron chi connectivity index (χ3n) is 2.14. The first-order valence-corrected chi connectivity index (χ1v) is 6.86. The van der Waals surface area contributed by atoms with Gasteiger partial charge in [0, 0.05) is 16.3 Å². The molecule has 0 bridgehead atoms. The highest BCUT2D eigenvalue weighted by atomic mass is 32.1. The molecule has 3 nitrogen and oxygen atoms in total. The van der Waals surface area contributed by atoms with Gasteiger partial charge in [-0.3, -0.25) is 10.1 Å². The largest absolute Gasteiger partial charge is 0.298 e. The number of carbonyl (C=O) groups is 1. The topological polar surface area (TPSA) is 42.0 Å². The van der Waals surface area contributed by atoms with E-state index in [0.29, 0.717) is 5.13 Å². The molecule has 17 heavy (non-hydrogen) atoms. The summed E-state index contributed by atoms with van der Waals surface area (Å²) in [6, 6.07) is 2.03. The quantitative estimate of drug-likeness (QED) is 0.862. The predicted octanol–water partition coefficient (Wildman–Crippen LogP) is 3.47. The van der Waals surface area contributed by atoms with Gasteiger partial charge in [0.2, 0.25) is 5.91 Å². The molecule has 5 heteroatoms. The predicted molar refractivity (Wildman–Crippen MR) is 73.6 cm³/mol. The van der Waals surface area contributed by atoms with Gasteiger partial charge >= 0.3 is 0 Å². The standard InChI is InChI=1S/C12H12N2OS2/c1-8-5-6-16-10(8)3-4-11(15)14-12-13-9(2)7-17-12/h3-7H,1-2H3,(H,13,14,15). The Morgan fingerprint density at radius 1 is 1.41 bits per heavy atom. The van der Waals surface area contributed by atoms with E-state index in [-0.39, 0.29) is 5.91 Å². The maximum absolute atomic E-state index is 11.6. The van der Waals surface area contributed by atoms with Crippen molar-refractivity contribution >= 4 is 39.8 Å². The summed E-state index contributed by atoms with van der Waals surface area (Å²) >= 11 is 3.05. The number of thiophene rings is 1. The molecule has 0 fully saturated rings. The molecule has 2 aromatic rings. The lowest BCUT2D eigenvalue weighted by atomic mass is 10.3. The first-order valence-electron chi connectivity index (χ1n) is 5.10. The Morgan fingerprint density at radius 2 is 2.24 bits per heavy atom. The molecule has 0 spiro atoms. The summed E-state index contributed by atoms with van der Waals surface area (Å²) in [5.74, 6) is -0.146. The van der Waals surface area contributed by atoms with Crippen LogP contribution in [-0.4, -0.2) is 10.9 Å². The highest BCUT2D eigenvalue weighted by molar-refractivity contribution is 7.14. The Labute approximate surface area is 108 Å². The molecule has 0 aliphatic heterocycles. The Morgan fingerprint density at radius 3 is 2.82 bits per heavy atom. The number of nitrogens with zero attached hydrogens (tertiary/aromatic N) is 1. The van der Waals surface area contributed by atoms with E-state index in [9.17, 15) is 4.79 Å². The molecule has 1 N–H and O–H groups in total. The van der Waals surface area contributed by atoms with Crippen LogP contribution >= 0.6 is 22.7 Å². The number of thiazole rings is 1. The average Bonchev–Trinajstić information content (AvgIpc) is 2.85. The van der Waals surface area contributed by atoms with Gasteiger partial charge in [-0.2, -0.15) is 0 Å². The van der Waals surface area contributed by atoms with Crippen LogP contribution in [0.5, 0.6) is 0 Å². The zero-order valence-corrected chi connectivity index (χ0v) is 11.2. The van der Waals surface area contributed by atoms with Crippen LogP contribution < -0.4 is 5.32 Å². The second kappa shape index (κ2) is 5.25. The summed E-state index contributed by atoms with van der Waals surface area (Å²) in [5, 5.41) is 7.29. The molecule has 0 unspecified atom stereocenters. The molecule has 2 aromatic heterocycles. The second-order valence-electron chi connectivity index (χ2n) is 3.58. The van der Waals surface area contributed by atoms with E-state index in [4.69, 9.17) is 0 Å². The summed E-state index contributed by atoms with van der Waals surface area (Å²) in [6.07, 6.45) is 3.37. The van der Waals surface area contributed by atoms with Gasteiger partial charge in [-0.25, -0.2) is 4.98 Å². The fourth-order valence-corrected chi connectivity index (χ4v) is 2.78. The number of amides is 1. The molecule has 0 radical (unpaired) electrons. The smallest absolute Gasteiger partial charge is 0.250 e. The molecular weight excluding hydrogens is 252 g/mol. The molecule has 0 aromatic carbocycles. The van der Waals surface area contributed by atoms with Crippen molar-refractivity contribution in [3.63, 3.8) is 0 Å². The Balaban J connectivity index is 1.98. The molecular formula is C12H12N2OS2. The van der Waals surface area contributed by atoms with Gasteiger partial charge in [0.1, 0.15) is 0 Å². The maximum atomic E-state index is 11.6. The first-order chi connectivity index (χ1) is 8.15. The van der Waals surface area contributed by atoms with E-state index in [1.807, 2.05) is 36.7 Å². The SMILES string of the molecule is Cc1csc(NC(=O)C=Cc2sccc2C)n1. The van der Waals surface area contributed by atoms with Crippen molar-refractivity contribution in [1.29, 1.82) is 0 Å². The third-order valence-corrected chi connectivity index (χ3v) is 4.00. The minimum atomic E-state index is -0.146. The van der Waals surface area contributed by atoms with E-state index in [2.05, 4.69) is 10.3 Å². The molecule has 0 aliphatic carbocycles. The lowest BCUT2D eigenvalue weighted by Crippen LogP contribution is -2.07. The number of carbonyl (C=O) groups excluding carboxylic acids is 1. The van der Waals surface area contributed by atoms with Crippen LogP contribution in [0.25, 0.3) is 6.08 Å². The number of anilines is 1. The average molecular weight is 264 g/mol. The van der Waals surface area contributed by atoms with Crippen LogP contribution in [0, 0.1) is 13.8 Å². The fourth-order valence-electron chi connectivity index (χ4n) is 1.27. The van der Waals surface area contributed by atoms with Crippen LogP contribution in [0.4, 0.5) is 5.13 Å². The van der Waals surface area contributed by atoms with Gasteiger partial charge in [-0.15, -0.1) is 22.7 Å². The highest BCUT2D eigenvalue weighted by Crippen LogP contribution is 2.17. The number of aromatic nitrogens is 1. The number of hydrogen-bond donors (Lipinski definition) is 1. The molecule has 0 aliphatic rings. The van der Waals surface area contributed by atoms with E-state index < -0.39 is 0 Å². The van der Waals surface area contributed by atoms with Crippen molar-refractivity contribution < 1.29 is 4.79 Å². The van der Waals surface area contributed by atoms with Crippen molar-refractivity contribution in [2.75, 3.05) is 5.32 Å². The van der Waals surface area contributed by atoms with Gasteiger partial charge in [-0.05, 0) is 36.9 Å². The van der Waals surface area contributed by atoms with Crippen LogP contribution in [-0.2, 0) is 4.79 Å². The molecule has 2 rings (SSSR count). The normalized spacial score (nSPS) is 10.9. The van der Waals surface area contributed by atoms with Gasteiger partial charge in [0.05, 0.1) is 5.69 Å². The number of rotatable bonds is 3. The Hall–Kier alpha value is -1.46. The maximum Gasteiger partial charge on any atom is 0.250 e. The Kier molecular flexibility index (Phi) is 3.71. The monoisotopic (exact) mass is 264 g/mol. The molecule has 1 amide bonds. The number of hydrogen-bond acceptors (Lipinski definition) is 4. The summed E-state index contributed by atoms with van der Waals surface area (Å²) in [6.45, 7) is 3.93. The molecule has 0 saturated carbocycles. The van der Waals surface area contributed by atoms with Crippen molar-refractivity contribution in [2.45, 2.75) is 13.8 Å². The third kappa shape index (κ3) is 3.25. The fraction of sp³-hybridized carbons (Fsp3) is 0.167. The van der Waals surface area contributed by atoms with Crippen molar-refractivity contribution in [3.05, 3.63) is 39.0 Å². The van der Waals surface area contributed by atoms with Crippen LogP contribution in [0.3, 0.4) is 0 Å². The highest BCUT2D eigenvalue weighted by Gasteiger charge is 2.02. The van der Waals surface area contributed by atoms with Crippen LogP contribution in [0.2, 0.25) is 0 Å². The zero-order chi connectivity index (χ0) is 12.3. The van der Waals surface area contributed by atoms with Crippen molar-refractivity contribution in [2.24, 2.45) is 0 Å². The van der Waals surface area contributed by atoms with Gasteiger partial charge in [-0.1, -0.05) is 0 Å². The molecule has 2 heterocycles. The van der Waals surface area contributed by atoms with Crippen molar-refractivity contribution in [1.82, 2.24) is 4.98 Å². The number of aryl methyl sites for hydroxylation is 2. The van der Waals surface area contributed by atoms with Crippen LogP contribution in [0.1, 0.15) is 16.1 Å². The lowest BCUT2D eigenvalue weighted by molar-refractivity contribution is -0.111. The van der Waals surface area contributed by atoms with E-state index in [1.165, 1.54) is 23.0 Å². The zero-order valence-electron chi connectivity index (χ0n) is 9.56. The van der Waals surface area contributed by atoms with E-state index in [0.717, 1.165) is 10.6 Å². The van der Waals surface area contributed by atoms with E-state index >= 15 is 0 Å². The van der Waals surface area contributed by atoms with Gasteiger partial charge in [0.15, 0.2) is 5.13 Å². The summed E-state index contributed by atoms with van der Waals surface area (Å²) < 4.78 is 0. The number of nitrogens with one attached hydrogen (secondary N) is 1. The molecule has 0 atom stereocenters. The van der Waals surface area contributed by atoms with Gasteiger partial charge < -0.3 is 0 Å². The van der Waals surface area contributed by atoms with Crippen molar-refractivity contribution in [3.8, 4) is 0 Å². The summed E-state index contributed by atoms with van der Waals surface area (Å²) in [4.78, 5) is 16.9. The Bertz CT molecular complexity index is 554. The van der Waals surface area contributed by atoms with Crippen LogP contribution in [0.15, 0.2) is 22.9 Å².